The van der Waals surface area contributed by atoms with E-state index in [2.05, 4.69) is 31.3 Å². The van der Waals surface area contributed by atoms with Gasteiger partial charge in [0.05, 0.1) is 12.2 Å². The third-order valence-electron chi connectivity index (χ3n) is 3.99. The first-order chi connectivity index (χ1) is 9.66. The highest BCUT2D eigenvalue weighted by atomic mass is 16.5. The maximum absolute atomic E-state index is 10.1. The van der Waals surface area contributed by atoms with Gasteiger partial charge < -0.3 is 15.2 Å². The van der Waals surface area contributed by atoms with Gasteiger partial charge in [0.2, 0.25) is 0 Å². The summed E-state index contributed by atoms with van der Waals surface area (Å²) in [7, 11) is 0. The molecular weight excluding hydrogens is 250 g/mol. The van der Waals surface area contributed by atoms with Gasteiger partial charge in [-0.05, 0) is 42.9 Å². The molecule has 0 spiro atoms. The van der Waals surface area contributed by atoms with E-state index in [0.29, 0.717) is 18.6 Å². The van der Waals surface area contributed by atoms with Crippen LogP contribution < -0.4 is 5.32 Å². The van der Waals surface area contributed by atoms with E-state index in [1.165, 1.54) is 18.4 Å². The molecule has 2 unspecified atom stereocenters. The lowest BCUT2D eigenvalue weighted by atomic mass is 10.00. The van der Waals surface area contributed by atoms with Crippen LogP contribution in [0.5, 0.6) is 0 Å². The lowest BCUT2D eigenvalue weighted by Gasteiger charge is -2.15. The second-order valence-corrected chi connectivity index (χ2v) is 5.96. The van der Waals surface area contributed by atoms with E-state index < -0.39 is 6.10 Å². The Hall–Kier alpha value is -0.900. The number of aliphatic hydroxyl groups is 1. The molecule has 2 N–H and O–H groups in total. The first-order valence-electron chi connectivity index (χ1n) is 7.77. The number of ether oxygens (including phenoxy) is 1. The highest BCUT2D eigenvalue weighted by Crippen LogP contribution is 2.18. The fourth-order valence-electron chi connectivity index (χ4n) is 2.59. The van der Waals surface area contributed by atoms with Gasteiger partial charge in [0.25, 0.3) is 0 Å². The molecule has 1 aliphatic heterocycles. The monoisotopic (exact) mass is 277 g/mol. The van der Waals surface area contributed by atoms with Crippen molar-refractivity contribution in [1.29, 1.82) is 0 Å². The van der Waals surface area contributed by atoms with Gasteiger partial charge in [-0.25, -0.2) is 0 Å². The molecule has 0 saturated carbocycles. The average molecular weight is 277 g/mol. The second kappa shape index (κ2) is 7.77. The van der Waals surface area contributed by atoms with Crippen LogP contribution in [-0.2, 0) is 4.74 Å². The molecule has 3 nitrogen and oxygen atoms in total. The maximum Gasteiger partial charge on any atom is 0.0914 e. The van der Waals surface area contributed by atoms with E-state index in [-0.39, 0.29) is 0 Å². The molecule has 0 radical (unpaired) electrons. The Bertz CT molecular complexity index is 382. The SMILES string of the molecule is CC(C)c1ccc(C(O)CNCCC2CCCO2)cc1. The Kier molecular flexibility index (Phi) is 6.02. The van der Waals surface area contributed by atoms with Gasteiger partial charge in [-0.2, -0.15) is 0 Å². The van der Waals surface area contributed by atoms with Crippen LogP contribution in [0, 0.1) is 0 Å². The summed E-state index contributed by atoms with van der Waals surface area (Å²) in [4.78, 5) is 0. The first kappa shape index (κ1) is 15.5. The molecule has 1 fully saturated rings. The molecule has 1 aliphatic rings. The van der Waals surface area contributed by atoms with Crippen molar-refractivity contribution in [2.24, 2.45) is 0 Å². The van der Waals surface area contributed by atoms with E-state index in [0.717, 1.165) is 25.1 Å². The number of rotatable bonds is 7. The summed E-state index contributed by atoms with van der Waals surface area (Å²) in [6.45, 7) is 6.78. The van der Waals surface area contributed by atoms with Gasteiger partial charge in [0.15, 0.2) is 0 Å². The third kappa shape index (κ3) is 4.58. The minimum Gasteiger partial charge on any atom is -0.387 e. The molecular formula is C17H27NO2. The summed E-state index contributed by atoms with van der Waals surface area (Å²) in [5, 5.41) is 13.5. The lowest BCUT2D eigenvalue weighted by Crippen LogP contribution is -2.25. The van der Waals surface area contributed by atoms with Crippen molar-refractivity contribution in [3.63, 3.8) is 0 Å². The zero-order valence-corrected chi connectivity index (χ0v) is 12.6. The molecule has 1 aromatic carbocycles. The Balaban J connectivity index is 1.69. The number of hydrogen-bond donors (Lipinski definition) is 2. The highest BCUT2D eigenvalue weighted by Gasteiger charge is 2.15. The van der Waals surface area contributed by atoms with E-state index in [9.17, 15) is 5.11 Å². The van der Waals surface area contributed by atoms with Crippen molar-refractivity contribution in [3.8, 4) is 0 Å². The van der Waals surface area contributed by atoms with E-state index in [1.54, 1.807) is 0 Å². The lowest BCUT2D eigenvalue weighted by molar-refractivity contribution is 0.102. The standard InChI is InChI=1S/C17H27NO2/c1-13(2)14-5-7-15(8-6-14)17(19)12-18-10-9-16-4-3-11-20-16/h5-8,13,16-19H,3-4,9-12H2,1-2H3. The number of nitrogens with one attached hydrogen (secondary N) is 1. The molecule has 0 bridgehead atoms. The Morgan fingerprint density at radius 3 is 2.55 bits per heavy atom. The summed E-state index contributed by atoms with van der Waals surface area (Å²) < 4.78 is 5.58. The van der Waals surface area contributed by atoms with E-state index in [4.69, 9.17) is 4.74 Å². The molecule has 1 aromatic rings. The zero-order chi connectivity index (χ0) is 14.4. The van der Waals surface area contributed by atoms with Crippen LogP contribution in [0.3, 0.4) is 0 Å². The fraction of sp³-hybridized carbons (Fsp3) is 0.647. The second-order valence-electron chi connectivity index (χ2n) is 5.96. The van der Waals surface area contributed by atoms with Gasteiger partial charge >= 0.3 is 0 Å². The highest BCUT2D eigenvalue weighted by molar-refractivity contribution is 5.26. The minimum atomic E-state index is -0.430. The van der Waals surface area contributed by atoms with Crippen LogP contribution in [0.4, 0.5) is 0 Å². The van der Waals surface area contributed by atoms with Crippen LogP contribution in [0.2, 0.25) is 0 Å². The molecule has 1 heterocycles. The van der Waals surface area contributed by atoms with Gasteiger partial charge in [-0.1, -0.05) is 38.1 Å². The summed E-state index contributed by atoms with van der Waals surface area (Å²) >= 11 is 0. The van der Waals surface area contributed by atoms with Crippen LogP contribution in [0.15, 0.2) is 24.3 Å². The maximum atomic E-state index is 10.1. The van der Waals surface area contributed by atoms with Crippen LogP contribution >= 0.6 is 0 Å². The third-order valence-corrected chi connectivity index (χ3v) is 3.99. The van der Waals surface area contributed by atoms with Crippen LogP contribution in [0.25, 0.3) is 0 Å². The number of benzene rings is 1. The van der Waals surface area contributed by atoms with Gasteiger partial charge in [0, 0.05) is 13.2 Å². The molecule has 0 aliphatic carbocycles. The summed E-state index contributed by atoms with van der Waals surface area (Å²) in [5.41, 5.74) is 2.30. The van der Waals surface area contributed by atoms with Gasteiger partial charge in [-0.15, -0.1) is 0 Å². The number of hydrogen-bond acceptors (Lipinski definition) is 3. The molecule has 2 atom stereocenters. The Morgan fingerprint density at radius 2 is 1.95 bits per heavy atom. The van der Waals surface area contributed by atoms with Crippen molar-refractivity contribution in [2.75, 3.05) is 19.7 Å². The molecule has 0 amide bonds. The molecule has 3 heteroatoms. The molecule has 2 rings (SSSR count). The van der Waals surface area contributed by atoms with E-state index >= 15 is 0 Å². The Morgan fingerprint density at radius 1 is 1.25 bits per heavy atom. The predicted molar refractivity (Wildman–Crippen MR) is 82.0 cm³/mol. The number of aliphatic hydroxyl groups excluding tert-OH is 1. The van der Waals surface area contributed by atoms with Crippen LogP contribution in [0.1, 0.15) is 56.3 Å². The van der Waals surface area contributed by atoms with Crippen molar-refractivity contribution in [3.05, 3.63) is 35.4 Å². The van der Waals surface area contributed by atoms with Crippen molar-refractivity contribution >= 4 is 0 Å². The van der Waals surface area contributed by atoms with Crippen molar-refractivity contribution in [2.45, 2.75) is 51.2 Å². The quantitative estimate of drug-likeness (QED) is 0.753. The van der Waals surface area contributed by atoms with Crippen LogP contribution in [-0.4, -0.2) is 30.9 Å². The normalized spacial score (nSPS) is 20.5. The molecule has 1 saturated heterocycles. The summed E-state index contributed by atoms with van der Waals surface area (Å²) in [6, 6.07) is 8.27. The Labute approximate surface area is 122 Å². The minimum absolute atomic E-state index is 0.421. The van der Waals surface area contributed by atoms with Crippen molar-refractivity contribution < 1.29 is 9.84 Å². The van der Waals surface area contributed by atoms with Gasteiger partial charge in [-0.3, -0.25) is 0 Å². The van der Waals surface area contributed by atoms with Crippen molar-refractivity contribution in [1.82, 2.24) is 5.32 Å². The average Bonchev–Trinajstić information content (AvgIpc) is 2.96. The predicted octanol–water partition coefficient (Wildman–Crippen LogP) is 3.00. The van der Waals surface area contributed by atoms with E-state index in [1.807, 2.05) is 12.1 Å². The van der Waals surface area contributed by atoms with Gasteiger partial charge in [0.1, 0.15) is 0 Å². The largest absolute Gasteiger partial charge is 0.387 e. The molecule has 112 valence electrons. The topological polar surface area (TPSA) is 41.5 Å². The molecule has 20 heavy (non-hydrogen) atoms. The summed E-state index contributed by atoms with van der Waals surface area (Å²) in [5.74, 6) is 0.533. The zero-order valence-electron chi connectivity index (χ0n) is 12.6. The fourth-order valence-corrected chi connectivity index (χ4v) is 2.59. The first-order valence-corrected chi connectivity index (χ1v) is 7.77. The smallest absolute Gasteiger partial charge is 0.0914 e. The molecule has 0 aromatic heterocycles. The summed E-state index contributed by atoms with van der Waals surface area (Å²) in [6.07, 6.45) is 3.40.